The van der Waals surface area contributed by atoms with Crippen LogP contribution in [-0.4, -0.2) is 38.7 Å². The molecule has 0 saturated carbocycles. The summed E-state index contributed by atoms with van der Waals surface area (Å²) in [5.41, 5.74) is 8.34. The zero-order chi connectivity index (χ0) is 13.0. The molecule has 0 bridgehead atoms. The first-order valence-corrected chi connectivity index (χ1v) is 6.02. The van der Waals surface area contributed by atoms with Crippen LogP contribution in [0.25, 0.3) is 0 Å². The lowest BCUT2D eigenvalue weighted by Crippen LogP contribution is -2.39. The van der Waals surface area contributed by atoms with Crippen LogP contribution in [0.4, 0.5) is 0 Å². The van der Waals surface area contributed by atoms with Gasteiger partial charge in [0.1, 0.15) is 5.75 Å². The molecule has 1 aromatic carbocycles. The van der Waals surface area contributed by atoms with Crippen LogP contribution < -0.4 is 10.5 Å². The van der Waals surface area contributed by atoms with E-state index < -0.39 is 0 Å². The van der Waals surface area contributed by atoms with Crippen molar-refractivity contribution in [2.24, 2.45) is 5.73 Å². The van der Waals surface area contributed by atoms with Crippen molar-refractivity contribution in [2.45, 2.75) is 25.8 Å². The van der Waals surface area contributed by atoms with Crippen molar-refractivity contribution >= 4 is 0 Å². The van der Waals surface area contributed by atoms with E-state index in [9.17, 15) is 0 Å². The summed E-state index contributed by atoms with van der Waals surface area (Å²) in [5, 5.41) is 0. The zero-order valence-corrected chi connectivity index (χ0v) is 11.5. The van der Waals surface area contributed by atoms with E-state index in [-0.39, 0.29) is 0 Å². The van der Waals surface area contributed by atoms with Gasteiger partial charge in [-0.15, -0.1) is 0 Å². The molecule has 0 aromatic heterocycles. The van der Waals surface area contributed by atoms with E-state index in [4.69, 9.17) is 10.5 Å². The Bertz CT molecular complexity index is 363. The van der Waals surface area contributed by atoms with Gasteiger partial charge in [-0.3, -0.25) is 0 Å². The van der Waals surface area contributed by atoms with E-state index >= 15 is 0 Å². The van der Waals surface area contributed by atoms with E-state index in [1.807, 2.05) is 6.07 Å². The lowest BCUT2D eigenvalue weighted by molar-refractivity contribution is 0.263. The van der Waals surface area contributed by atoms with Crippen LogP contribution in [0.15, 0.2) is 18.2 Å². The maximum atomic E-state index is 5.86. The van der Waals surface area contributed by atoms with Gasteiger partial charge in [-0.05, 0) is 32.6 Å². The first kappa shape index (κ1) is 14.0. The predicted octanol–water partition coefficient (Wildman–Crippen LogP) is 2.00. The number of nitrogens with two attached hydrogens (primary N) is 1. The van der Waals surface area contributed by atoms with Crippen molar-refractivity contribution in [1.29, 1.82) is 0 Å². The second-order valence-corrected chi connectivity index (χ2v) is 4.80. The summed E-state index contributed by atoms with van der Waals surface area (Å²) in [6.07, 6.45) is 0. The number of likely N-dealkylation sites (N-methyl/N-ethyl adjacent to an activating group) is 1. The van der Waals surface area contributed by atoms with Gasteiger partial charge in [-0.1, -0.05) is 24.6 Å². The molecule has 1 aromatic rings. The highest BCUT2D eigenvalue weighted by molar-refractivity contribution is 5.40. The molecule has 2 unspecified atom stereocenters. The second-order valence-electron chi connectivity index (χ2n) is 4.80. The Balaban J connectivity index is 3.08. The molecular weight excluding hydrogens is 212 g/mol. The minimum atomic E-state index is 0.325. The van der Waals surface area contributed by atoms with Crippen LogP contribution in [0.2, 0.25) is 0 Å². The minimum absolute atomic E-state index is 0.325. The zero-order valence-electron chi connectivity index (χ0n) is 11.5. The number of hydrogen-bond donors (Lipinski definition) is 1. The van der Waals surface area contributed by atoms with Crippen LogP contribution in [0.5, 0.6) is 5.75 Å². The summed E-state index contributed by atoms with van der Waals surface area (Å²) < 4.78 is 5.44. The Kier molecular flexibility index (Phi) is 4.97. The molecule has 0 radical (unpaired) electrons. The summed E-state index contributed by atoms with van der Waals surface area (Å²) in [6.45, 7) is 4.95. The lowest BCUT2D eigenvalue weighted by Gasteiger charge is -2.30. The number of ether oxygens (including phenoxy) is 1. The fourth-order valence-corrected chi connectivity index (χ4v) is 2.28. The monoisotopic (exact) mass is 236 g/mol. The smallest absolute Gasteiger partial charge is 0.122 e. The molecule has 0 aliphatic carbocycles. The van der Waals surface area contributed by atoms with Gasteiger partial charge in [0.2, 0.25) is 0 Å². The average Bonchev–Trinajstić information content (AvgIpc) is 2.29. The molecule has 0 fully saturated rings. The van der Waals surface area contributed by atoms with E-state index in [0.717, 1.165) is 5.75 Å². The van der Waals surface area contributed by atoms with Gasteiger partial charge in [-0.25, -0.2) is 0 Å². The third-order valence-electron chi connectivity index (χ3n) is 3.36. The van der Waals surface area contributed by atoms with Crippen molar-refractivity contribution < 1.29 is 4.74 Å². The van der Waals surface area contributed by atoms with Crippen LogP contribution >= 0.6 is 0 Å². The van der Waals surface area contributed by atoms with Gasteiger partial charge >= 0.3 is 0 Å². The quantitative estimate of drug-likeness (QED) is 0.850. The van der Waals surface area contributed by atoms with Gasteiger partial charge in [0.15, 0.2) is 0 Å². The van der Waals surface area contributed by atoms with Gasteiger partial charge in [0.25, 0.3) is 0 Å². The van der Waals surface area contributed by atoms with Crippen molar-refractivity contribution in [2.75, 3.05) is 27.7 Å². The molecule has 96 valence electrons. The highest BCUT2D eigenvalue weighted by atomic mass is 16.5. The largest absolute Gasteiger partial charge is 0.496 e. The topological polar surface area (TPSA) is 38.5 Å². The van der Waals surface area contributed by atoms with Crippen LogP contribution in [0.1, 0.15) is 24.0 Å². The molecule has 0 heterocycles. The molecule has 0 amide bonds. The number of aryl methyl sites for hydroxylation is 1. The van der Waals surface area contributed by atoms with Crippen molar-refractivity contribution in [3.8, 4) is 5.75 Å². The van der Waals surface area contributed by atoms with Gasteiger partial charge in [0, 0.05) is 18.5 Å². The summed E-state index contributed by atoms with van der Waals surface area (Å²) in [5.74, 6) is 1.30. The number of benzene rings is 1. The number of nitrogens with zero attached hydrogens (tertiary/aromatic N) is 1. The van der Waals surface area contributed by atoms with E-state index in [1.165, 1.54) is 11.1 Å². The van der Waals surface area contributed by atoms with Gasteiger partial charge in [-0.2, -0.15) is 0 Å². The lowest BCUT2D eigenvalue weighted by atomic mass is 9.91. The Morgan fingerprint density at radius 1 is 1.35 bits per heavy atom. The Morgan fingerprint density at radius 3 is 2.47 bits per heavy atom. The molecule has 0 aliphatic heterocycles. The molecular formula is C14H24N2O. The Labute approximate surface area is 105 Å². The first-order valence-electron chi connectivity index (χ1n) is 6.02. The third-order valence-corrected chi connectivity index (χ3v) is 3.36. The molecule has 17 heavy (non-hydrogen) atoms. The first-order chi connectivity index (χ1) is 8.01. The number of rotatable bonds is 5. The summed E-state index contributed by atoms with van der Waals surface area (Å²) in [7, 11) is 5.85. The van der Waals surface area contributed by atoms with E-state index in [0.29, 0.717) is 18.5 Å². The maximum absolute atomic E-state index is 5.86. The number of hydrogen-bond acceptors (Lipinski definition) is 3. The Hall–Kier alpha value is -1.06. The van der Waals surface area contributed by atoms with Gasteiger partial charge in [0.05, 0.1) is 7.11 Å². The fourth-order valence-electron chi connectivity index (χ4n) is 2.28. The maximum Gasteiger partial charge on any atom is 0.122 e. The normalized spacial score (nSPS) is 14.8. The van der Waals surface area contributed by atoms with E-state index in [1.54, 1.807) is 7.11 Å². The number of methoxy groups -OCH3 is 1. The molecule has 0 saturated heterocycles. The van der Waals surface area contributed by atoms with Crippen LogP contribution in [0.3, 0.4) is 0 Å². The van der Waals surface area contributed by atoms with Crippen molar-refractivity contribution in [3.63, 3.8) is 0 Å². The summed E-state index contributed by atoms with van der Waals surface area (Å²) in [4.78, 5) is 2.17. The van der Waals surface area contributed by atoms with Crippen LogP contribution in [0, 0.1) is 6.92 Å². The molecule has 0 aliphatic rings. The van der Waals surface area contributed by atoms with Crippen molar-refractivity contribution in [1.82, 2.24) is 4.90 Å². The standard InChI is InChI=1S/C14H24N2O/c1-10-6-7-14(17-5)12(8-10)11(2)13(9-15)16(3)4/h6-8,11,13H,9,15H2,1-5H3. The van der Waals surface area contributed by atoms with Crippen molar-refractivity contribution in [3.05, 3.63) is 29.3 Å². The van der Waals surface area contributed by atoms with Crippen LogP contribution in [-0.2, 0) is 0 Å². The highest BCUT2D eigenvalue weighted by Crippen LogP contribution is 2.30. The summed E-state index contributed by atoms with van der Waals surface area (Å²) in [6, 6.07) is 6.62. The SMILES string of the molecule is COc1ccc(C)cc1C(C)C(CN)N(C)C. The highest BCUT2D eigenvalue weighted by Gasteiger charge is 2.22. The molecule has 0 spiro atoms. The molecule has 1 rings (SSSR count). The second kappa shape index (κ2) is 6.03. The van der Waals surface area contributed by atoms with E-state index in [2.05, 4.69) is 45.0 Å². The Morgan fingerprint density at radius 2 is 2.00 bits per heavy atom. The predicted molar refractivity (Wildman–Crippen MR) is 72.7 cm³/mol. The third kappa shape index (κ3) is 3.20. The molecule has 3 heteroatoms. The summed E-state index contributed by atoms with van der Waals surface area (Å²) >= 11 is 0. The average molecular weight is 236 g/mol. The minimum Gasteiger partial charge on any atom is -0.496 e. The van der Waals surface area contributed by atoms with Gasteiger partial charge < -0.3 is 15.4 Å². The fraction of sp³-hybridized carbons (Fsp3) is 0.571. The molecule has 2 N–H and O–H groups in total. The molecule has 2 atom stereocenters. The molecule has 3 nitrogen and oxygen atoms in total.